The number of hydrazine groups is 1. The number of alkyl halides is 3. The molecule has 1 heterocycles. The van der Waals surface area contributed by atoms with E-state index in [0.717, 1.165) is 6.07 Å². The van der Waals surface area contributed by atoms with E-state index < -0.39 is 30.3 Å². The van der Waals surface area contributed by atoms with Gasteiger partial charge >= 0.3 is 6.18 Å². The van der Waals surface area contributed by atoms with E-state index in [1.165, 1.54) is 6.92 Å². The Hall–Kier alpha value is -2.53. The predicted molar refractivity (Wildman–Crippen MR) is 95.7 cm³/mol. The second-order valence-electron chi connectivity index (χ2n) is 5.28. The number of thioether (sulfide) groups is 1. The molecular formula is C16H14ClF3N4O3S. The van der Waals surface area contributed by atoms with Crippen molar-refractivity contribution in [2.45, 2.75) is 18.3 Å². The first-order chi connectivity index (χ1) is 13.1. The van der Waals surface area contributed by atoms with Gasteiger partial charge in [0.1, 0.15) is 11.4 Å². The lowest BCUT2D eigenvalue weighted by atomic mass is 10.3. The number of hydrogen-bond acceptors (Lipinski definition) is 6. The minimum absolute atomic E-state index is 0.121. The van der Waals surface area contributed by atoms with Gasteiger partial charge in [-0.2, -0.15) is 13.2 Å². The van der Waals surface area contributed by atoms with Crippen molar-refractivity contribution >= 4 is 35.2 Å². The van der Waals surface area contributed by atoms with Gasteiger partial charge in [-0.15, -0.1) is 0 Å². The summed E-state index contributed by atoms with van der Waals surface area (Å²) in [6, 6.07) is 7.34. The van der Waals surface area contributed by atoms with Crippen LogP contribution in [0.3, 0.4) is 0 Å². The van der Waals surface area contributed by atoms with Crippen molar-refractivity contribution in [1.82, 2.24) is 20.8 Å². The van der Waals surface area contributed by atoms with Gasteiger partial charge in [-0.1, -0.05) is 35.5 Å². The molecule has 1 aromatic carbocycles. The molecule has 2 rings (SSSR count). The Morgan fingerprint density at radius 3 is 2.54 bits per heavy atom. The summed E-state index contributed by atoms with van der Waals surface area (Å²) in [7, 11) is 0. The van der Waals surface area contributed by atoms with Gasteiger partial charge in [0.2, 0.25) is 5.91 Å². The van der Waals surface area contributed by atoms with Crippen LogP contribution in [0, 0.1) is 6.92 Å². The largest absolute Gasteiger partial charge is 0.482 e. The van der Waals surface area contributed by atoms with Gasteiger partial charge in [0.15, 0.2) is 11.8 Å². The number of halogens is 4. The Labute approximate surface area is 167 Å². The number of carbonyl (C=O) groups excluding carboxylic acids is 2. The van der Waals surface area contributed by atoms with Gasteiger partial charge in [-0.25, -0.2) is 9.97 Å². The van der Waals surface area contributed by atoms with Gasteiger partial charge < -0.3 is 4.74 Å². The molecule has 7 nitrogen and oxygen atoms in total. The number of aromatic nitrogens is 2. The molecule has 0 fully saturated rings. The van der Waals surface area contributed by atoms with E-state index in [4.69, 9.17) is 16.3 Å². The summed E-state index contributed by atoms with van der Waals surface area (Å²) in [6.07, 6.45) is -4.61. The van der Waals surface area contributed by atoms with Crippen molar-refractivity contribution in [3.8, 4) is 5.75 Å². The highest BCUT2D eigenvalue weighted by atomic mass is 35.5. The molecule has 2 aromatic rings. The third kappa shape index (κ3) is 6.89. The molecule has 0 aliphatic carbocycles. The smallest absolute Gasteiger partial charge is 0.433 e. The van der Waals surface area contributed by atoms with Gasteiger partial charge in [-0.05, 0) is 25.1 Å². The van der Waals surface area contributed by atoms with Crippen LogP contribution in [0.15, 0.2) is 35.5 Å². The molecule has 0 aliphatic rings. The molecule has 0 saturated carbocycles. The quantitative estimate of drug-likeness (QED) is 0.412. The monoisotopic (exact) mass is 434 g/mol. The zero-order chi connectivity index (χ0) is 20.7. The number of ether oxygens (including phenoxy) is 1. The number of nitrogens with one attached hydrogen (secondary N) is 2. The Bertz CT molecular complexity index is 867. The normalized spacial score (nSPS) is 11.0. The highest BCUT2D eigenvalue weighted by Crippen LogP contribution is 2.29. The van der Waals surface area contributed by atoms with E-state index in [1.54, 1.807) is 24.3 Å². The van der Waals surface area contributed by atoms with Gasteiger partial charge in [0, 0.05) is 5.69 Å². The van der Waals surface area contributed by atoms with Gasteiger partial charge in [-0.3, -0.25) is 20.4 Å². The highest BCUT2D eigenvalue weighted by Gasteiger charge is 2.33. The van der Waals surface area contributed by atoms with Gasteiger partial charge in [0.25, 0.3) is 5.91 Å². The standard InChI is InChI=1S/C16H14ClF3N4O3S/c1-9-6-12(16(18,19)20)22-15(21-9)28-8-14(26)24-23-13(25)7-27-11-5-3-2-4-10(11)17/h2-6H,7-8H2,1H3,(H,23,25)(H,24,26). The Morgan fingerprint density at radius 2 is 1.86 bits per heavy atom. The van der Waals surface area contributed by atoms with E-state index in [1.807, 2.05) is 0 Å². The summed E-state index contributed by atoms with van der Waals surface area (Å²) in [6.45, 7) is 0.993. The number of amides is 2. The predicted octanol–water partition coefficient (Wildman–Crippen LogP) is 2.78. The van der Waals surface area contributed by atoms with Crippen LogP contribution in [0.5, 0.6) is 5.75 Å². The fourth-order valence-corrected chi connectivity index (χ4v) is 2.69. The summed E-state index contributed by atoms with van der Waals surface area (Å²) in [5.41, 5.74) is 3.26. The van der Waals surface area contributed by atoms with E-state index in [-0.39, 0.29) is 16.6 Å². The first-order valence-corrected chi connectivity index (χ1v) is 9.02. The molecule has 0 unspecified atom stereocenters. The van der Waals surface area contributed by atoms with E-state index in [2.05, 4.69) is 20.8 Å². The number of para-hydroxylation sites is 1. The average Bonchev–Trinajstić information content (AvgIpc) is 2.63. The van der Waals surface area contributed by atoms with Gasteiger partial charge in [0.05, 0.1) is 10.8 Å². The molecule has 0 spiro atoms. The van der Waals surface area contributed by atoms with Crippen LogP contribution < -0.4 is 15.6 Å². The maximum Gasteiger partial charge on any atom is 0.433 e. The third-order valence-electron chi connectivity index (χ3n) is 2.99. The minimum atomic E-state index is -4.61. The summed E-state index contributed by atoms with van der Waals surface area (Å²) < 4.78 is 43.4. The van der Waals surface area contributed by atoms with E-state index >= 15 is 0 Å². The van der Waals surface area contributed by atoms with Crippen molar-refractivity contribution in [3.63, 3.8) is 0 Å². The maximum atomic E-state index is 12.7. The van der Waals surface area contributed by atoms with Crippen LogP contribution in [0.1, 0.15) is 11.4 Å². The SMILES string of the molecule is Cc1cc(C(F)(F)F)nc(SCC(=O)NNC(=O)COc2ccccc2Cl)n1. The molecular weight excluding hydrogens is 421 g/mol. The number of benzene rings is 1. The van der Waals surface area contributed by atoms with E-state index in [0.29, 0.717) is 22.5 Å². The van der Waals surface area contributed by atoms with E-state index in [9.17, 15) is 22.8 Å². The van der Waals surface area contributed by atoms with Crippen molar-refractivity contribution in [2.75, 3.05) is 12.4 Å². The molecule has 2 N–H and O–H groups in total. The van der Waals surface area contributed by atoms with Crippen molar-refractivity contribution in [1.29, 1.82) is 0 Å². The second kappa shape index (κ2) is 9.60. The maximum absolute atomic E-state index is 12.7. The van der Waals surface area contributed by atoms with Crippen molar-refractivity contribution in [3.05, 3.63) is 46.7 Å². The number of rotatable bonds is 6. The number of carbonyl (C=O) groups is 2. The summed E-state index contributed by atoms with van der Waals surface area (Å²) >= 11 is 6.58. The Morgan fingerprint density at radius 1 is 1.18 bits per heavy atom. The second-order valence-corrected chi connectivity index (χ2v) is 6.63. The summed E-state index contributed by atoms with van der Waals surface area (Å²) in [5, 5.41) is 0.128. The average molecular weight is 435 g/mol. The molecule has 0 saturated heterocycles. The molecule has 2 amide bonds. The first-order valence-electron chi connectivity index (χ1n) is 7.66. The topological polar surface area (TPSA) is 93.2 Å². The number of aryl methyl sites for hydroxylation is 1. The lowest BCUT2D eigenvalue weighted by Crippen LogP contribution is -2.44. The van der Waals surface area contributed by atoms with Crippen LogP contribution >= 0.6 is 23.4 Å². The molecule has 0 radical (unpaired) electrons. The molecule has 0 bridgehead atoms. The van der Waals surface area contributed by atoms with Crippen LogP contribution in [-0.4, -0.2) is 34.1 Å². The molecule has 12 heteroatoms. The van der Waals surface area contributed by atoms with Crippen LogP contribution in [0.4, 0.5) is 13.2 Å². The van der Waals surface area contributed by atoms with Crippen LogP contribution in [-0.2, 0) is 15.8 Å². The number of nitrogens with zero attached hydrogens (tertiary/aromatic N) is 2. The summed E-state index contributed by atoms with van der Waals surface area (Å²) in [4.78, 5) is 30.6. The number of hydrogen-bond donors (Lipinski definition) is 2. The van der Waals surface area contributed by atoms with Crippen molar-refractivity contribution in [2.24, 2.45) is 0 Å². The summed E-state index contributed by atoms with van der Waals surface area (Å²) in [5.74, 6) is -1.30. The Kier molecular flexibility index (Phi) is 7.46. The zero-order valence-electron chi connectivity index (χ0n) is 14.3. The first kappa shape index (κ1) is 21.8. The Balaban J connectivity index is 1.78. The van der Waals surface area contributed by atoms with Crippen molar-refractivity contribution < 1.29 is 27.5 Å². The highest BCUT2D eigenvalue weighted by molar-refractivity contribution is 7.99. The fraction of sp³-hybridized carbons (Fsp3) is 0.250. The van der Waals surface area contributed by atoms with Crippen LogP contribution in [0.25, 0.3) is 0 Å². The molecule has 150 valence electrons. The lowest BCUT2D eigenvalue weighted by molar-refractivity contribution is -0.141. The molecule has 1 aromatic heterocycles. The minimum Gasteiger partial charge on any atom is -0.482 e. The molecule has 0 atom stereocenters. The van der Waals surface area contributed by atoms with Crippen LogP contribution in [0.2, 0.25) is 5.02 Å². The fourth-order valence-electron chi connectivity index (χ4n) is 1.80. The third-order valence-corrected chi connectivity index (χ3v) is 4.15. The molecule has 0 aliphatic heterocycles. The lowest BCUT2D eigenvalue weighted by Gasteiger charge is -2.10. The molecule has 28 heavy (non-hydrogen) atoms. The zero-order valence-corrected chi connectivity index (χ0v) is 15.9.